The second-order valence-electron chi connectivity index (χ2n) is 20.3. The maximum atomic E-state index is 12.9. The number of carbonyl (C=O) groups excluding carboxylic acids is 1. The molecule has 0 heterocycles. The number of phosphoric ester groups is 1. The highest BCUT2D eigenvalue weighted by Gasteiger charge is 2.27. The molecule has 8 nitrogen and oxygen atoms in total. The molecule has 0 rings (SSSR count). The Hall–Kier alpha value is -1.02. The Morgan fingerprint density at radius 3 is 1.25 bits per heavy atom. The number of nitrogens with one attached hydrogen (secondary N) is 1. The molecule has 1 amide bonds. The molecule has 64 heavy (non-hydrogen) atoms. The summed E-state index contributed by atoms with van der Waals surface area (Å²) < 4.78 is 23.6. The van der Waals surface area contributed by atoms with Crippen molar-refractivity contribution >= 4 is 13.7 Å². The second kappa shape index (κ2) is 47.1. The van der Waals surface area contributed by atoms with E-state index in [1.54, 1.807) is 6.08 Å². The Morgan fingerprint density at radius 1 is 0.516 bits per heavy atom. The first kappa shape index (κ1) is 63.0. The van der Waals surface area contributed by atoms with Crippen LogP contribution in [0.5, 0.6) is 0 Å². The molecule has 0 aliphatic carbocycles. The third-order valence-electron chi connectivity index (χ3n) is 12.7. The zero-order chi connectivity index (χ0) is 47.1. The van der Waals surface area contributed by atoms with Crippen LogP contribution in [0.1, 0.15) is 271 Å². The number of nitrogens with zero attached hydrogens (tertiary/aromatic N) is 1. The van der Waals surface area contributed by atoms with Gasteiger partial charge in [0.15, 0.2) is 0 Å². The van der Waals surface area contributed by atoms with E-state index in [-0.39, 0.29) is 19.1 Å². The SMILES string of the molecule is CCCCCCCCC/C=C/CC/C=C/C(O)C(COP(=O)(O)OCC[N+](C)(C)C)NC(=O)CCCCCCCCCCCCCCCCCCCCCCCCCCCCCCC. The summed E-state index contributed by atoms with van der Waals surface area (Å²) in [5, 5.41) is 13.8. The van der Waals surface area contributed by atoms with E-state index in [0.29, 0.717) is 17.4 Å². The number of aliphatic hydroxyl groups excluding tert-OH is 1. The fraction of sp³-hybridized carbons (Fsp3) is 0.909. The van der Waals surface area contributed by atoms with Crippen LogP contribution in [0.25, 0.3) is 0 Å². The van der Waals surface area contributed by atoms with E-state index in [4.69, 9.17) is 9.05 Å². The highest BCUT2D eigenvalue weighted by Crippen LogP contribution is 2.43. The fourth-order valence-electron chi connectivity index (χ4n) is 8.30. The van der Waals surface area contributed by atoms with Gasteiger partial charge in [0.25, 0.3) is 0 Å². The van der Waals surface area contributed by atoms with Gasteiger partial charge in [0, 0.05) is 6.42 Å². The number of carbonyl (C=O) groups is 1. The lowest BCUT2D eigenvalue weighted by atomic mass is 10.0. The Labute approximate surface area is 398 Å². The van der Waals surface area contributed by atoms with E-state index in [9.17, 15) is 19.4 Å². The third kappa shape index (κ3) is 48.9. The number of phosphoric acid groups is 1. The average Bonchev–Trinajstić information content (AvgIpc) is 3.25. The number of aliphatic hydroxyl groups is 1. The molecule has 0 saturated carbocycles. The van der Waals surface area contributed by atoms with Gasteiger partial charge in [-0.1, -0.05) is 256 Å². The van der Waals surface area contributed by atoms with Crippen molar-refractivity contribution in [2.45, 2.75) is 283 Å². The molecule has 380 valence electrons. The quantitative estimate of drug-likeness (QED) is 0.0243. The number of likely N-dealkylation sites (N-methyl/N-ethyl adjacent to an activating group) is 1. The molecule has 3 unspecified atom stereocenters. The molecule has 0 fully saturated rings. The van der Waals surface area contributed by atoms with Crippen LogP contribution in [0, 0.1) is 0 Å². The Balaban J connectivity index is 4.07. The maximum absolute atomic E-state index is 12.9. The Morgan fingerprint density at radius 2 is 0.859 bits per heavy atom. The minimum Gasteiger partial charge on any atom is -0.387 e. The molecule has 0 saturated heterocycles. The van der Waals surface area contributed by atoms with Crippen molar-refractivity contribution < 1.29 is 32.9 Å². The molecule has 0 spiro atoms. The summed E-state index contributed by atoms with van der Waals surface area (Å²) >= 11 is 0. The normalized spacial score (nSPS) is 14.2. The lowest BCUT2D eigenvalue weighted by molar-refractivity contribution is -0.870. The minimum atomic E-state index is -4.35. The molecule has 3 atom stereocenters. The van der Waals surface area contributed by atoms with Gasteiger partial charge < -0.3 is 19.8 Å². The molecule has 9 heteroatoms. The number of rotatable bonds is 51. The molecular formula is C55H110N2O6P+. The standard InChI is InChI=1S/C55H109N2O6P/c1-6-8-10-12-14-16-18-20-21-22-23-24-25-26-27-28-29-30-31-32-33-34-35-37-39-41-43-45-47-49-55(59)56-53(52-63-64(60,61)62-51-50-57(3,4)5)54(58)48-46-44-42-40-38-36-19-17-15-13-11-9-7-2/h38,40,46,48,53-54,58H,6-37,39,41-45,47,49-52H2,1-5H3,(H-,56,59,60,61)/p+1/b40-38+,48-46+. The van der Waals surface area contributed by atoms with Crippen molar-refractivity contribution in [1.82, 2.24) is 5.32 Å². The molecule has 0 aromatic heterocycles. The predicted molar refractivity (Wildman–Crippen MR) is 277 cm³/mol. The number of hydrogen-bond acceptors (Lipinski definition) is 5. The molecule has 0 bridgehead atoms. The smallest absolute Gasteiger partial charge is 0.387 e. The van der Waals surface area contributed by atoms with Crippen LogP contribution in [0.2, 0.25) is 0 Å². The third-order valence-corrected chi connectivity index (χ3v) is 13.7. The number of allylic oxidation sites excluding steroid dienone is 3. The van der Waals surface area contributed by atoms with Gasteiger partial charge in [-0.15, -0.1) is 0 Å². The number of hydrogen-bond donors (Lipinski definition) is 3. The van der Waals surface area contributed by atoms with E-state index in [1.165, 1.54) is 212 Å². The second-order valence-corrected chi connectivity index (χ2v) is 21.8. The van der Waals surface area contributed by atoms with Crippen LogP contribution in [-0.2, 0) is 18.4 Å². The van der Waals surface area contributed by atoms with Crippen molar-refractivity contribution in [2.75, 3.05) is 40.9 Å². The van der Waals surface area contributed by atoms with Crippen LogP contribution in [0.4, 0.5) is 0 Å². The Bertz CT molecular complexity index is 1090. The minimum absolute atomic E-state index is 0.0584. The van der Waals surface area contributed by atoms with E-state index in [1.807, 2.05) is 27.2 Å². The summed E-state index contributed by atoms with van der Waals surface area (Å²) in [6.45, 7) is 4.81. The first-order chi connectivity index (χ1) is 31.0. The van der Waals surface area contributed by atoms with Gasteiger partial charge in [0.1, 0.15) is 13.2 Å². The number of unbranched alkanes of at least 4 members (excludes halogenated alkanes) is 36. The van der Waals surface area contributed by atoms with Gasteiger partial charge in [-0.25, -0.2) is 4.57 Å². The first-order valence-electron chi connectivity index (χ1n) is 27.7. The molecule has 0 aromatic carbocycles. The lowest BCUT2D eigenvalue weighted by Crippen LogP contribution is -2.45. The predicted octanol–water partition coefficient (Wildman–Crippen LogP) is 16.4. The highest BCUT2D eigenvalue weighted by atomic mass is 31.2. The maximum Gasteiger partial charge on any atom is 0.472 e. The summed E-state index contributed by atoms with van der Waals surface area (Å²) in [5.74, 6) is -0.182. The summed E-state index contributed by atoms with van der Waals surface area (Å²) in [4.78, 5) is 23.2. The number of quaternary nitrogens is 1. The molecule has 0 aliphatic heterocycles. The summed E-state index contributed by atoms with van der Waals surface area (Å²) in [6, 6.07) is -0.859. The monoisotopic (exact) mass is 926 g/mol. The van der Waals surface area contributed by atoms with Crippen LogP contribution in [0.3, 0.4) is 0 Å². The summed E-state index contributed by atoms with van der Waals surface area (Å²) in [7, 11) is 1.57. The van der Waals surface area contributed by atoms with Crippen LogP contribution >= 0.6 is 7.82 Å². The fourth-order valence-corrected chi connectivity index (χ4v) is 9.03. The van der Waals surface area contributed by atoms with Crippen LogP contribution < -0.4 is 5.32 Å². The molecular weight excluding hydrogens is 816 g/mol. The van der Waals surface area contributed by atoms with Crippen molar-refractivity contribution in [3.05, 3.63) is 24.3 Å². The van der Waals surface area contributed by atoms with Gasteiger partial charge in [-0.2, -0.15) is 0 Å². The van der Waals surface area contributed by atoms with Gasteiger partial charge in [0.2, 0.25) is 5.91 Å². The van der Waals surface area contributed by atoms with Crippen LogP contribution in [-0.4, -0.2) is 73.4 Å². The van der Waals surface area contributed by atoms with E-state index in [0.717, 1.165) is 38.5 Å². The van der Waals surface area contributed by atoms with Crippen LogP contribution in [0.15, 0.2) is 24.3 Å². The molecule has 0 aliphatic rings. The van der Waals surface area contributed by atoms with Gasteiger partial charge >= 0.3 is 7.82 Å². The lowest BCUT2D eigenvalue weighted by Gasteiger charge is -2.25. The summed E-state index contributed by atoms with van der Waals surface area (Å²) in [5.41, 5.74) is 0. The van der Waals surface area contributed by atoms with E-state index < -0.39 is 20.0 Å². The molecule has 0 aromatic rings. The summed E-state index contributed by atoms with van der Waals surface area (Å²) in [6.07, 6.45) is 58.6. The Kier molecular flexibility index (Phi) is 46.3. The zero-order valence-electron chi connectivity index (χ0n) is 43.3. The van der Waals surface area contributed by atoms with E-state index >= 15 is 0 Å². The van der Waals surface area contributed by atoms with Crippen molar-refractivity contribution in [1.29, 1.82) is 0 Å². The highest BCUT2D eigenvalue weighted by molar-refractivity contribution is 7.47. The molecule has 3 N–H and O–H groups in total. The van der Waals surface area contributed by atoms with Gasteiger partial charge in [-0.05, 0) is 32.1 Å². The zero-order valence-corrected chi connectivity index (χ0v) is 44.2. The van der Waals surface area contributed by atoms with E-state index in [2.05, 4.69) is 31.3 Å². The van der Waals surface area contributed by atoms with Gasteiger partial charge in [0.05, 0.1) is 39.9 Å². The largest absolute Gasteiger partial charge is 0.472 e. The first-order valence-corrected chi connectivity index (χ1v) is 29.2. The number of amides is 1. The van der Waals surface area contributed by atoms with Crippen molar-refractivity contribution in [3.63, 3.8) is 0 Å². The van der Waals surface area contributed by atoms with Crippen molar-refractivity contribution in [2.24, 2.45) is 0 Å². The van der Waals surface area contributed by atoms with Crippen molar-refractivity contribution in [3.8, 4) is 0 Å². The van der Waals surface area contributed by atoms with Gasteiger partial charge in [-0.3, -0.25) is 13.8 Å². The molecule has 0 radical (unpaired) electrons. The average molecular weight is 926 g/mol. The topological polar surface area (TPSA) is 105 Å².